The molecule has 1 N–H and O–H groups in total. The third-order valence-corrected chi connectivity index (χ3v) is 3.15. The summed E-state index contributed by atoms with van der Waals surface area (Å²) >= 11 is 0. The maximum absolute atomic E-state index is 12.8. The van der Waals surface area contributed by atoms with E-state index in [0.717, 1.165) is 37.2 Å². The molecule has 0 aliphatic rings. The van der Waals surface area contributed by atoms with Gasteiger partial charge in [-0.1, -0.05) is 19.1 Å². The van der Waals surface area contributed by atoms with E-state index in [2.05, 4.69) is 23.5 Å². The molecule has 0 aliphatic heterocycles. The summed E-state index contributed by atoms with van der Waals surface area (Å²) < 4.78 is 14.6. The molecule has 0 atom stereocenters. The van der Waals surface area contributed by atoms with Crippen LogP contribution in [-0.2, 0) is 26.4 Å². The molecular formula is C15H20FN3. The molecule has 19 heavy (non-hydrogen) atoms. The molecule has 2 rings (SSSR count). The van der Waals surface area contributed by atoms with Gasteiger partial charge in [-0.3, -0.25) is 4.68 Å². The van der Waals surface area contributed by atoms with Crippen LogP contribution in [-0.4, -0.2) is 16.3 Å². The second-order valence-corrected chi connectivity index (χ2v) is 4.68. The van der Waals surface area contributed by atoms with E-state index in [9.17, 15) is 4.39 Å². The standard InChI is InChI=1S/C15H20FN3/c1-3-15-13(11-19(2)18-15)10-17-9-8-12-4-6-14(16)7-5-12/h4-7,11,17H,3,8-10H2,1-2H3. The number of hydrogen-bond acceptors (Lipinski definition) is 2. The molecule has 102 valence electrons. The first-order chi connectivity index (χ1) is 9.19. The number of rotatable bonds is 6. The van der Waals surface area contributed by atoms with Gasteiger partial charge in [-0.25, -0.2) is 4.39 Å². The summed E-state index contributed by atoms with van der Waals surface area (Å²) in [5.41, 5.74) is 3.55. The first kappa shape index (κ1) is 13.7. The summed E-state index contributed by atoms with van der Waals surface area (Å²) in [7, 11) is 1.95. The lowest BCUT2D eigenvalue weighted by Crippen LogP contribution is -2.17. The predicted molar refractivity (Wildman–Crippen MR) is 74.4 cm³/mol. The third kappa shape index (κ3) is 3.89. The van der Waals surface area contributed by atoms with E-state index >= 15 is 0 Å². The van der Waals surface area contributed by atoms with Crippen molar-refractivity contribution in [1.82, 2.24) is 15.1 Å². The van der Waals surface area contributed by atoms with Gasteiger partial charge in [-0.15, -0.1) is 0 Å². The van der Waals surface area contributed by atoms with Crippen molar-refractivity contribution in [2.24, 2.45) is 7.05 Å². The van der Waals surface area contributed by atoms with Crippen LogP contribution in [0.5, 0.6) is 0 Å². The molecule has 0 saturated carbocycles. The van der Waals surface area contributed by atoms with Crippen molar-refractivity contribution in [3.05, 3.63) is 53.1 Å². The van der Waals surface area contributed by atoms with Crippen molar-refractivity contribution in [2.75, 3.05) is 6.54 Å². The van der Waals surface area contributed by atoms with Gasteiger partial charge in [0.25, 0.3) is 0 Å². The monoisotopic (exact) mass is 261 g/mol. The van der Waals surface area contributed by atoms with E-state index < -0.39 is 0 Å². The normalized spacial score (nSPS) is 10.9. The van der Waals surface area contributed by atoms with Crippen molar-refractivity contribution in [3.8, 4) is 0 Å². The molecule has 1 aromatic carbocycles. The number of benzene rings is 1. The Balaban J connectivity index is 1.78. The summed E-state index contributed by atoms with van der Waals surface area (Å²) in [5.74, 6) is -0.181. The molecule has 0 fully saturated rings. The van der Waals surface area contributed by atoms with E-state index in [4.69, 9.17) is 0 Å². The topological polar surface area (TPSA) is 29.9 Å². The quantitative estimate of drug-likeness (QED) is 0.810. The van der Waals surface area contributed by atoms with Gasteiger partial charge in [0, 0.05) is 25.4 Å². The highest BCUT2D eigenvalue weighted by Crippen LogP contribution is 2.07. The minimum Gasteiger partial charge on any atom is -0.312 e. The molecule has 3 nitrogen and oxygen atoms in total. The van der Waals surface area contributed by atoms with E-state index in [-0.39, 0.29) is 5.82 Å². The fourth-order valence-electron chi connectivity index (χ4n) is 2.14. The maximum Gasteiger partial charge on any atom is 0.123 e. The van der Waals surface area contributed by atoms with Crippen molar-refractivity contribution in [3.63, 3.8) is 0 Å². The van der Waals surface area contributed by atoms with E-state index in [0.29, 0.717) is 0 Å². The Morgan fingerprint density at radius 1 is 1.26 bits per heavy atom. The van der Waals surface area contributed by atoms with Crippen molar-refractivity contribution < 1.29 is 4.39 Å². The minimum absolute atomic E-state index is 0.181. The Morgan fingerprint density at radius 3 is 2.68 bits per heavy atom. The smallest absolute Gasteiger partial charge is 0.123 e. The zero-order valence-electron chi connectivity index (χ0n) is 11.5. The third-order valence-electron chi connectivity index (χ3n) is 3.15. The molecule has 1 aromatic heterocycles. The molecule has 4 heteroatoms. The molecule has 0 amide bonds. The van der Waals surface area contributed by atoms with Crippen LogP contribution in [0.25, 0.3) is 0 Å². The molecule has 2 aromatic rings. The molecule has 0 aliphatic carbocycles. The van der Waals surface area contributed by atoms with Crippen LogP contribution >= 0.6 is 0 Å². The van der Waals surface area contributed by atoms with Crippen molar-refractivity contribution >= 4 is 0 Å². The highest BCUT2D eigenvalue weighted by Gasteiger charge is 2.04. The molecular weight excluding hydrogens is 241 g/mol. The Kier molecular flexibility index (Phi) is 4.68. The second-order valence-electron chi connectivity index (χ2n) is 4.68. The average molecular weight is 261 g/mol. The molecule has 0 spiro atoms. The van der Waals surface area contributed by atoms with Gasteiger partial charge < -0.3 is 5.32 Å². The second kappa shape index (κ2) is 6.48. The van der Waals surface area contributed by atoms with Gasteiger partial charge >= 0.3 is 0 Å². The number of halogens is 1. The number of aromatic nitrogens is 2. The van der Waals surface area contributed by atoms with E-state index in [1.165, 1.54) is 17.7 Å². The number of hydrogen-bond donors (Lipinski definition) is 1. The van der Waals surface area contributed by atoms with Gasteiger partial charge in [0.2, 0.25) is 0 Å². The molecule has 0 unspecified atom stereocenters. The zero-order chi connectivity index (χ0) is 13.7. The van der Waals surface area contributed by atoms with Crippen LogP contribution < -0.4 is 5.32 Å². The van der Waals surface area contributed by atoms with E-state index in [1.54, 1.807) is 0 Å². The maximum atomic E-state index is 12.8. The first-order valence-electron chi connectivity index (χ1n) is 6.65. The van der Waals surface area contributed by atoms with Crippen LogP contribution in [0.3, 0.4) is 0 Å². The van der Waals surface area contributed by atoms with Crippen LogP contribution in [0, 0.1) is 5.82 Å². The lowest BCUT2D eigenvalue weighted by molar-refractivity contribution is 0.626. The van der Waals surface area contributed by atoms with Crippen LogP contribution in [0.15, 0.2) is 30.5 Å². The number of nitrogens with zero attached hydrogens (tertiary/aromatic N) is 2. The lowest BCUT2D eigenvalue weighted by Gasteiger charge is -2.04. The fraction of sp³-hybridized carbons (Fsp3) is 0.400. The van der Waals surface area contributed by atoms with Gasteiger partial charge in [0.05, 0.1) is 5.69 Å². The fourth-order valence-corrected chi connectivity index (χ4v) is 2.14. The number of nitrogens with one attached hydrogen (secondary N) is 1. The van der Waals surface area contributed by atoms with Crippen LogP contribution in [0.1, 0.15) is 23.7 Å². The predicted octanol–water partition coefficient (Wildman–Crippen LogP) is 2.45. The molecule has 0 saturated heterocycles. The van der Waals surface area contributed by atoms with Gasteiger partial charge in [0.15, 0.2) is 0 Å². The Labute approximate surface area is 113 Å². The highest BCUT2D eigenvalue weighted by atomic mass is 19.1. The summed E-state index contributed by atoms with van der Waals surface area (Å²) in [6.07, 6.45) is 3.92. The summed E-state index contributed by atoms with van der Waals surface area (Å²) in [4.78, 5) is 0. The largest absolute Gasteiger partial charge is 0.312 e. The zero-order valence-corrected chi connectivity index (χ0v) is 11.5. The van der Waals surface area contributed by atoms with Crippen molar-refractivity contribution in [2.45, 2.75) is 26.3 Å². The van der Waals surface area contributed by atoms with Crippen molar-refractivity contribution in [1.29, 1.82) is 0 Å². The Morgan fingerprint density at radius 2 is 2.00 bits per heavy atom. The first-order valence-corrected chi connectivity index (χ1v) is 6.65. The highest BCUT2D eigenvalue weighted by molar-refractivity contribution is 5.18. The van der Waals surface area contributed by atoms with Crippen LogP contribution in [0.4, 0.5) is 4.39 Å². The minimum atomic E-state index is -0.181. The molecule has 1 heterocycles. The van der Waals surface area contributed by atoms with E-state index in [1.807, 2.05) is 23.9 Å². The number of aryl methyl sites for hydroxylation is 2. The SMILES string of the molecule is CCc1nn(C)cc1CNCCc1ccc(F)cc1. The lowest BCUT2D eigenvalue weighted by atomic mass is 10.1. The average Bonchev–Trinajstić information content (AvgIpc) is 2.77. The van der Waals surface area contributed by atoms with Gasteiger partial charge in [-0.2, -0.15) is 5.10 Å². The summed E-state index contributed by atoms with van der Waals surface area (Å²) in [5, 5.41) is 7.82. The molecule has 0 radical (unpaired) electrons. The summed E-state index contributed by atoms with van der Waals surface area (Å²) in [6.45, 7) is 3.83. The Bertz CT molecular complexity index is 517. The molecule has 0 bridgehead atoms. The Hall–Kier alpha value is -1.68. The summed E-state index contributed by atoms with van der Waals surface area (Å²) in [6, 6.07) is 6.67. The van der Waals surface area contributed by atoms with Crippen LogP contribution in [0.2, 0.25) is 0 Å². The van der Waals surface area contributed by atoms with Gasteiger partial charge in [-0.05, 0) is 37.1 Å². The van der Waals surface area contributed by atoms with Gasteiger partial charge in [0.1, 0.15) is 5.82 Å².